The summed E-state index contributed by atoms with van der Waals surface area (Å²) in [5.74, 6) is 0.574. The van der Waals surface area contributed by atoms with Crippen molar-refractivity contribution in [1.82, 2.24) is 19.6 Å². The van der Waals surface area contributed by atoms with Crippen LogP contribution in [-0.4, -0.2) is 45.3 Å². The largest absolute Gasteiger partial charge is 0.493 e. The lowest BCUT2D eigenvalue weighted by atomic mass is 10.0. The van der Waals surface area contributed by atoms with Crippen molar-refractivity contribution in [2.24, 2.45) is 5.92 Å². The maximum absolute atomic E-state index is 14.4. The van der Waals surface area contributed by atoms with Gasteiger partial charge in [-0.1, -0.05) is 0 Å². The zero-order chi connectivity index (χ0) is 20.5. The van der Waals surface area contributed by atoms with Crippen LogP contribution in [0, 0.1) is 11.7 Å². The van der Waals surface area contributed by atoms with E-state index in [1.54, 1.807) is 10.5 Å². The first kappa shape index (κ1) is 18.7. The van der Waals surface area contributed by atoms with Crippen LogP contribution in [0.15, 0.2) is 24.7 Å². The third kappa shape index (κ3) is 3.43. The fourth-order valence-corrected chi connectivity index (χ4v) is 3.89. The maximum atomic E-state index is 14.4. The summed E-state index contributed by atoms with van der Waals surface area (Å²) in [4.78, 5) is 16.9. The summed E-state index contributed by atoms with van der Waals surface area (Å²) in [5.41, 5.74) is 2.36. The fourth-order valence-electron chi connectivity index (χ4n) is 3.89. The molecular formula is C20H21FN6O3. The summed E-state index contributed by atoms with van der Waals surface area (Å²) in [6.45, 7) is 1.90. The van der Waals surface area contributed by atoms with Crippen molar-refractivity contribution in [1.29, 1.82) is 0 Å². The summed E-state index contributed by atoms with van der Waals surface area (Å²) in [6.07, 6.45) is 5.36. The van der Waals surface area contributed by atoms with E-state index in [0.717, 1.165) is 24.2 Å². The van der Waals surface area contributed by atoms with Crippen molar-refractivity contribution >= 4 is 23.2 Å². The lowest BCUT2D eigenvalue weighted by molar-refractivity contribution is -0.123. The van der Waals surface area contributed by atoms with Gasteiger partial charge in [-0.25, -0.2) is 13.8 Å². The van der Waals surface area contributed by atoms with Gasteiger partial charge in [-0.15, -0.1) is 10.2 Å². The molecule has 5 rings (SSSR count). The van der Waals surface area contributed by atoms with Crippen LogP contribution >= 0.6 is 0 Å². The second kappa shape index (κ2) is 7.86. The third-order valence-corrected chi connectivity index (χ3v) is 5.49. The van der Waals surface area contributed by atoms with Gasteiger partial charge < -0.3 is 20.1 Å². The summed E-state index contributed by atoms with van der Waals surface area (Å²) in [7, 11) is 0. The van der Waals surface area contributed by atoms with E-state index in [-0.39, 0.29) is 24.2 Å². The highest BCUT2D eigenvalue weighted by Crippen LogP contribution is 2.30. The number of anilines is 2. The van der Waals surface area contributed by atoms with Gasteiger partial charge in [0.15, 0.2) is 5.65 Å². The van der Waals surface area contributed by atoms with Crippen LogP contribution in [-0.2, 0) is 22.5 Å². The molecule has 4 heterocycles. The predicted molar refractivity (Wildman–Crippen MR) is 106 cm³/mol. The molecular weight excluding hydrogens is 391 g/mol. The molecule has 1 aromatic carbocycles. The molecule has 2 aromatic heterocycles. The van der Waals surface area contributed by atoms with Gasteiger partial charge >= 0.3 is 0 Å². The first-order valence-corrected chi connectivity index (χ1v) is 9.95. The minimum absolute atomic E-state index is 0.121. The number of benzene rings is 1. The number of nitrogens with one attached hydrogen (secondary N) is 2. The standard InChI is InChI=1S/C20H21FN6O3/c21-15-3-4-17-13(5-7-30-17)14(15)8-22-20-23-9-16(18-26-24-11-27(18)20)25-19(28)12-2-1-6-29-10-12/h3-4,9,11-12H,1-2,5-8,10H2,(H,22,23)(H,25,28). The third-order valence-electron chi connectivity index (χ3n) is 5.49. The van der Waals surface area contributed by atoms with Crippen LogP contribution < -0.4 is 15.4 Å². The Kier molecular flexibility index (Phi) is 4.91. The number of fused-ring (bicyclic) bond motifs is 2. The van der Waals surface area contributed by atoms with Crippen LogP contribution in [0.2, 0.25) is 0 Å². The van der Waals surface area contributed by atoms with E-state index in [4.69, 9.17) is 9.47 Å². The highest BCUT2D eigenvalue weighted by atomic mass is 19.1. The fraction of sp³-hybridized carbons (Fsp3) is 0.400. The van der Waals surface area contributed by atoms with Crippen LogP contribution in [0.3, 0.4) is 0 Å². The Morgan fingerprint density at radius 3 is 3.13 bits per heavy atom. The molecule has 2 aliphatic rings. The highest BCUT2D eigenvalue weighted by molar-refractivity contribution is 5.95. The lowest BCUT2D eigenvalue weighted by Crippen LogP contribution is -2.30. The average Bonchev–Trinajstić information content (AvgIpc) is 3.45. The SMILES string of the molecule is O=C(Nc1cnc(NCc2c(F)ccc3c2CCO3)n2cnnc12)C1CCCOC1. The normalized spacial score (nSPS) is 18.1. The van der Waals surface area contributed by atoms with E-state index in [1.807, 2.05) is 0 Å². The van der Waals surface area contributed by atoms with Crippen molar-refractivity contribution in [3.8, 4) is 5.75 Å². The van der Waals surface area contributed by atoms with Crippen LogP contribution in [0.25, 0.3) is 5.65 Å². The number of aromatic nitrogens is 4. The molecule has 0 bridgehead atoms. The van der Waals surface area contributed by atoms with Crippen molar-refractivity contribution in [2.75, 3.05) is 30.5 Å². The van der Waals surface area contributed by atoms with Gasteiger partial charge in [-0.3, -0.25) is 4.79 Å². The first-order valence-electron chi connectivity index (χ1n) is 9.95. The number of amides is 1. The second-order valence-corrected chi connectivity index (χ2v) is 7.38. The molecule has 2 aliphatic heterocycles. The maximum Gasteiger partial charge on any atom is 0.229 e. The van der Waals surface area contributed by atoms with Gasteiger partial charge in [-0.2, -0.15) is 0 Å². The molecule has 0 spiro atoms. The van der Waals surface area contributed by atoms with Crippen LogP contribution in [0.4, 0.5) is 16.0 Å². The van der Waals surface area contributed by atoms with Gasteiger partial charge in [0, 0.05) is 30.7 Å². The molecule has 1 amide bonds. The predicted octanol–water partition coefficient (Wildman–Crippen LogP) is 2.18. The van der Waals surface area contributed by atoms with Gasteiger partial charge in [0.1, 0.15) is 23.6 Å². The number of hydrogen-bond donors (Lipinski definition) is 2. The van der Waals surface area contributed by atoms with E-state index >= 15 is 0 Å². The molecule has 0 aliphatic carbocycles. The lowest BCUT2D eigenvalue weighted by Gasteiger charge is -2.21. The van der Waals surface area contributed by atoms with E-state index in [9.17, 15) is 9.18 Å². The molecule has 1 unspecified atom stereocenters. The molecule has 0 saturated carbocycles. The minimum atomic E-state index is -0.287. The number of carbonyl (C=O) groups excluding carboxylic acids is 1. The van der Waals surface area contributed by atoms with Gasteiger partial charge in [-0.05, 0) is 25.0 Å². The molecule has 30 heavy (non-hydrogen) atoms. The second-order valence-electron chi connectivity index (χ2n) is 7.38. The summed E-state index contributed by atoms with van der Waals surface area (Å²) in [5, 5.41) is 14.1. The molecule has 156 valence electrons. The highest BCUT2D eigenvalue weighted by Gasteiger charge is 2.23. The summed E-state index contributed by atoms with van der Waals surface area (Å²) >= 11 is 0. The molecule has 1 fully saturated rings. The Bertz CT molecular complexity index is 1100. The summed E-state index contributed by atoms with van der Waals surface area (Å²) < 4.78 is 26.9. The molecule has 0 radical (unpaired) electrons. The minimum Gasteiger partial charge on any atom is -0.493 e. The summed E-state index contributed by atoms with van der Waals surface area (Å²) in [6, 6.07) is 3.07. The monoisotopic (exact) mass is 412 g/mol. The Hall–Kier alpha value is -3.27. The van der Waals surface area contributed by atoms with E-state index < -0.39 is 0 Å². The zero-order valence-corrected chi connectivity index (χ0v) is 16.2. The number of nitrogens with zero attached hydrogens (tertiary/aromatic N) is 4. The molecule has 10 heteroatoms. The molecule has 2 N–H and O–H groups in total. The van der Waals surface area contributed by atoms with Crippen LogP contribution in [0.1, 0.15) is 24.0 Å². The topological polar surface area (TPSA) is 103 Å². The smallest absolute Gasteiger partial charge is 0.229 e. The average molecular weight is 412 g/mol. The van der Waals surface area contributed by atoms with Gasteiger partial charge in [0.25, 0.3) is 0 Å². The van der Waals surface area contributed by atoms with E-state index in [1.165, 1.54) is 18.6 Å². The van der Waals surface area contributed by atoms with Crippen molar-refractivity contribution < 1.29 is 18.7 Å². The van der Waals surface area contributed by atoms with Crippen molar-refractivity contribution in [3.05, 3.63) is 41.6 Å². The molecule has 3 aromatic rings. The Morgan fingerprint density at radius 2 is 2.27 bits per heavy atom. The zero-order valence-electron chi connectivity index (χ0n) is 16.2. The van der Waals surface area contributed by atoms with Crippen LogP contribution in [0.5, 0.6) is 5.75 Å². The van der Waals surface area contributed by atoms with Gasteiger partial charge in [0.05, 0.1) is 25.3 Å². The van der Waals surface area contributed by atoms with Crippen molar-refractivity contribution in [2.45, 2.75) is 25.8 Å². The van der Waals surface area contributed by atoms with Crippen molar-refractivity contribution in [3.63, 3.8) is 0 Å². The quantitative estimate of drug-likeness (QED) is 0.662. The first-order chi connectivity index (χ1) is 14.7. The number of carbonyl (C=O) groups is 1. The number of hydrogen-bond acceptors (Lipinski definition) is 7. The molecule has 1 atom stereocenters. The van der Waals surface area contributed by atoms with E-state index in [0.29, 0.717) is 49.1 Å². The Morgan fingerprint density at radius 1 is 1.33 bits per heavy atom. The van der Waals surface area contributed by atoms with E-state index in [2.05, 4.69) is 25.8 Å². The number of rotatable bonds is 5. The Balaban J connectivity index is 1.36. The molecule has 1 saturated heterocycles. The van der Waals surface area contributed by atoms with Gasteiger partial charge in [0.2, 0.25) is 11.9 Å². The number of halogens is 1. The Labute approximate surface area is 171 Å². The number of ether oxygens (including phenoxy) is 2. The molecule has 9 nitrogen and oxygen atoms in total.